The molecular formula is C33H60N10O9. The fourth-order valence-corrected chi connectivity index (χ4v) is 5.62. The second-order valence-corrected chi connectivity index (χ2v) is 13.0. The summed E-state index contributed by atoms with van der Waals surface area (Å²) in [4.78, 5) is 96.7. The molecule has 19 heteroatoms. The Labute approximate surface area is 305 Å². The van der Waals surface area contributed by atoms with Crippen LogP contribution in [0.2, 0.25) is 0 Å². The normalized spacial score (nSPS) is 17.9. The molecule has 1 rings (SSSR count). The Bertz CT molecular complexity index is 1260. The van der Waals surface area contributed by atoms with E-state index in [1.54, 1.807) is 27.7 Å². The molecule has 0 saturated carbocycles. The molecule has 7 amide bonds. The fraction of sp³-hybridized carbons (Fsp3) is 0.758. The topological polar surface area (TPSA) is 300 Å². The van der Waals surface area contributed by atoms with Crippen LogP contribution in [-0.2, 0) is 33.6 Å². The summed E-state index contributed by atoms with van der Waals surface area (Å²) >= 11 is 0. The van der Waals surface area contributed by atoms with Gasteiger partial charge in [0, 0.05) is 26.6 Å². The van der Waals surface area contributed by atoms with Crippen LogP contribution in [-0.4, -0.2) is 132 Å². The van der Waals surface area contributed by atoms with E-state index in [0.717, 1.165) is 0 Å². The van der Waals surface area contributed by atoms with Crippen LogP contribution in [0.5, 0.6) is 0 Å². The van der Waals surface area contributed by atoms with E-state index in [9.17, 15) is 43.8 Å². The number of aliphatic hydroxyl groups excluding tert-OH is 2. The number of amides is 7. The third-order valence-electron chi connectivity index (χ3n) is 9.03. The van der Waals surface area contributed by atoms with E-state index < -0.39 is 90.8 Å². The van der Waals surface area contributed by atoms with Crippen LogP contribution >= 0.6 is 0 Å². The van der Waals surface area contributed by atoms with Gasteiger partial charge in [0.1, 0.15) is 36.3 Å². The number of likely N-dealkylation sites (N-methyl/N-ethyl adjacent to an activating group) is 1. The highest BCUT2D eigenvalue weighted by Crippen LogP contribution is 2.20. The predicted molar refractivity (Wildman–Crippen MR) is 192 cm³/mol. The molecule has 19 nitrogen and oxygen atoms in total. The van der Waals surface area contributed by atoms with Crippen molar-refractivity contribution in [3.8, 4) is 0 Å². The molecule has 1 heterocycles. The lowest BCUT2D eigenvalue weighted by Crippen LogP contribution is -2.62. The lowest BCUT2D eigenvalue weighted by Gasteiger charge is -2.31. The number of nitrogens with one attached hydrogen (secondary N) is 6. The third kappa shape index (κ3) is 14.2. The quantitative estimate of drug-likeness (QED) is 0.0298. The van der Waals surface area contributed by atoms with Crippen molar-refractivity contribution in [2.75, 3.05) is 32.8 Å². The van der Waals surface area contributed by atoms with E-state index in [1.807, 2.05) is 6.92 Å². The maximum atomic E-state index is 13.8. The number of carbonyl (C=O) groups is 7. The Balaban J connectivity index is 3.19. The third-order valence-corrected chi connectivity index (χ3v) is 9.03. The van der Waals surface area contributed by atoms with Gasteiger partial charge in [0.15, 0.2) is 5.96 Å². The zero-order chi connectivity index (χ0) is 39.5. The monoisotopic (exact) mass is 740 g/mol. The minimum atomic E-state index is -1.60. The molecule has 1 fully saturated rings. The van der Waals surface area contributed by atoms with E-state index >= 15 is 0 Å². The second kappa shape index (κ2) is 23.1. The Morgan fingerprint density at radius 1 is 0.769 bits per heavy atom. The van der Waals surface area contributed by atoms with E-state index in [0.29, 0.717) is 45.2 Å². The number of carbonyl (C=O) groups excluding carboxylic acids is 7. The van der Waals surface area contributed by atoms with E-state index in [-0.39, 0.29) is 30.8 Å². The zero-order valence-electron chi connectivity index (χ0n) is 31.2. The molecule has 0 aromatic heterocycles. The molecule has 1 aliphatic rings. The highest BCUT2D eigenvalue weighted by molar-refractivity contribution is 5.97. The maximum Gasteiger partial charge on any atom is 0.245 e. The van der Waals surface area contributed by atoms with Crippen molar-refractivity contribution in [1.29, 1.82) is 0 Å². The highest BCUT2D eigenvalue weighted by Gasteiger charge is 2.39. The molecule has 0 aliphatic carbocycles. The molecule has 52 heavy (non-hydrogen) atoms. The molecule has 0 aromatic rings. The average molecular weight is 741 g/mol. The average Bonchev–Trinajstić information content (AvgIpc) is 3.61. The van der Waals surface area contributed by atoms with Crippen LogP contribution in [0.4, 0.5) is 0 Å². The summed E-state index contributed by atoms with van der Waals surface area (Å²) in [5, 5.41) is 35.1. The first-order valence-electron chi connectivity index (χ1n) is 17.9. The van der Waals surface area contributed by atoms with Crippen molar-refractivity contribution in [1.82, 2.24) is 36.8 Å². The number of hydrogen-bond donors (Lipinski definition) is 10. The number of nitrogens with zero attached hydrogens (tertiary/aromatic N) is 2. The van der Waals surface area contributed by atoms with E-state index in [4.69, 9.17) is 11.5 Å². The number of rotatable bonds is 22. The SMILES string of the molecule is CCNC(=O)[C@@H]1CCCN1C(=O)[C@H](CCCN=C(N)N)NC(=O)[C@@H](NC(=O)[C@H](CO)NC(=O)[C@H](CO)NC(=O)[C@H](NC(C)=O)[C@H](C)CC)[C@@H](C)CC. The van der Waals surface area contributed by atoms with E-state index in [2.05, 4.69) is 36.9 Å². The summed E-state index contributed by atoms with van der Waals surface area (Å²) in [5.41, 5.74) is 10.9. The Kier molecular flexibility index (Phi) is 20.2. The molecule has 8 atom stereocenters. The minimum absolute atomic E-state index is 0.116. The van der Waals surface area contributed by atoms with Crippen molar-refractivity contribution in [3.63, 3.8) is 0 Å². The van der Waals surface area contributed by atoms with Crippen LogP contribution in [0.15, 0.2) is 4.99 Å². The minimum Gasteiger partial charge on any atom is -0.394 e. The van der Waals surface area contributed by atoms with Crippen molar-refractivity contribution in [2.45, 2.75) is 116 Å². The number of guanidine groups is 1. The molecule has 1 aliphatic heterocycles. The molecule has 0 spiro atoms. The van der Waals surface area contributed by atoms with Crippen LogP contribution in [0.3, 0.4) is 0 Å². The van der Waals surface area contributed by atoms with Gasteiger partial charge in [-0.25, -0.2) is 0 Å². The second-order valence-electron chi connectivity index (χ2n) is 13.0. The number of likely N-dealkylation sites (tertiary alicyclic amines) is 1. The first-order valence-corrected chi connectivity index (χ1v) is 17.9. The maximum absolute atomic E-state index is 13.8. The summed E-state index contributed by atoms with van der Waals surface area (Å²) in [6, 6.07) is -7.16. The summed E-state index contributed by atoms with van der Waals surface area (Å²) in [7, 11) is 0. The van der Waals surface area contributed by atoms with Gasteiger partial charge in [-0.2, -0.15) is 0 Å². The highest BCUT2D eigenvalue weighted by atomic mass is 16.3. The van der Waals surface area contributed by atoms with Crippen molar-refractivity contribution >= 4 is 47.3 Å². The van der Waals surface area contributed by atoms with Gasteiger partial charge < -0.3 is 58.5 Å². The lowest BCUT2D eigenvalue weighted by molar-refractivity contribution is -0.142. The molecule has 0 aromatic carbocycles. The van der Waals surface area contributed by atoms with Gasteiger partial charge in [-0.1, -0.05) is 40.5 Å². The van der Waals surface area contributed by atoms with Gasteiger partial charge in [0.05, 0.1) is 13.2 Å². The summed E-state index contributed by atoms with van der Waals surface area (Å²) in [6.07, 6.45) is 2.40. The van der Waals surface area contributed by atoms with Crippen LogP contribution in [0.25, 0.3) is 0 Å². The molecule has 296 valence electrons. The Morgan fingerprint density at radius 3 is 1.75 bits per heavy atom. The molecular weight excluding hydrogens is 680 g/mol. The van der Waals surface area contributed by atoms with Crippen LogP contribution in [0, 0.1) is 11.8 Å². The van der Waals surface area contributed by atoms with Gasteiger partial charge in [-0.15, -0.1) is 0 Å². The van der Waals surface area contributed by atoms with Crippen molar-refractivity contribution in [3.05, 3.63) is 0 Å². The smallest absolute Gasteiger partial charge is 0.245 e. The molecule has 0 bridgehead atoms. The first-order chi connectivity index (χ1) is 24.6. The predicted octanol–water partition coefficient (Wildman–Crippen LogP) is -3.31. The van der Waals surface area contributed by atoms with Gasteiger partial charge in [-0.3, -0.25) is 38.6 Å². The van der Waals surface area contributed by atoms with Gasteiger partial charge >= 0.3 is 0 Å². The van der Waals surface area contributed by atoms with E-state index in [1.165, 1.54) is 11.8 Å². The summed E-state index contributed by atoms with van der Waals surface area (Å²) < 4.78 is 0. The molecule has 1 saturated heterocycles. The van der Waals surface area contributed by atoms with Crippen molar-refractivity contribution < 1.29 is 43.8 Å². The van der Waals surface area contributed by atoms with Crippen molar-refractivity contribution in [2.24, 2.45) is 28.3 Å². The Hall–Kier alpha value is -4.52. The summed E-state index contributed by atoms with van der Waals surface area (Å²) in [6.45, 7) is 9.12. The van der Waals surface area contributed by atoms with Crippen LogP contribution in [0.1, 0.15) is 80.1 Å². The number of nitrogens with two attached hydrogens (primary N) is 2. The van der Waals surface area contributed by atoms with Gasteiger partial charge in [0.25, 0.3) is 0 Å². The summed E-state index contributed by atoms with van der Waals surface area (Å²) in [5.74, 6) is -5.57. The number of aliphatic imine (C=N–C) groups is 1. The molecule has 0 radical (unpaired) electrons. The van der Waals surface area contributed by atoms with Gasteiger partial charge in [-0.05, 0) is 44.4 Å². The number of aliphatic hydroxyl groups is 2. The zero-order valence-corrected chi connectivity index (χ0v) is 31.2. The largest absolute Gasteiger partial charge is 0.394 e. The standard InChI is InChI=1S/C33H60N10O9/c1-7-18(4)25(38-20(6)46)30(50)41-22(16-44)27(47)40-23(17-45)28(48)42-26(19(5)8-2)31(51)39-21(12-10-14-37-33(34)35)32(52)43-15-11-13-24(43)29(49)36-9-3/h18-19,21-26,44-45H,7-17H2,1-6H3,(H,36,49)(H,38,46)(H,39,51)(H,40,47)(H,41,50)(H,42,48)(H4,34,35,37)/t18-,19+,21+,22+,23+,24+,25-,26+/m1/s1. The number of hydrogen-bond acceptors (Lipinski definition) is 10. The molecule has 12 N–H and O–H groups in total. The lowest BCUT2D eigenvalue weighted by atomic mass is 9.97. The molecule has 0 unspecified atom stereocenters. The first kappa shape index (κ1) is 45.5. The fourth-order valence-electron chi connectivity index (χ4n) is 5.62. The Morgan fingerprint density at radius 2 is 1.27 bits per heavy atom. The van der Waals surface area contributed by atoms with Gasteiger partial charge in [0.2, 0.25) is 41.4 Å². The van der Waals surface area contributed by atoms with Crippen LogP contribution < -0.4 is 43.4 Å².